The molecule has 2 aliphatic heterocycles. The second-order valence-electron chi connectivity index (χ2n) is 8.46. The third kappa shape index (κ3) is 3.00. The van der Waals surface area contributed by atoms with Gasteiger partial charge in [-0.05, 0) is 50.4 Å². The van der Waals surface area contributed by atoms with Crippen molar-refractivity contribution in [2.45, 2.75) is 70.3 Å². The van der Waals surface area contributed by atoms with E-state index in [9.17, 15) is 9.59 Å². The van der Waals surface area contributed by atoms with Gasteiger partial charge >= 0.3 is 0 Å². The Morgan fingerprint density at radius 3 is 2.71 bits per heavy atom. The zero-order valence-electron chi connectivity index (χ0n) is 14.7. The minimum atomic E-state index is -0.0904. The number of allylic oxidation sites excluding steroid dienone is 2. The Morgan fingerprint density at radius 1 is 1.12 bits per heavy atom. The molecule has 0 aromatic rings. The Labute approximate surface area is 145 Å². The first kappa shape index (κ1) is 16.2. The van der Waals surface area contributed by atoms with Crippen LogP contribution in [0.15, 0.2) is 12.2 Å². The molecule has 4 heteroatoms. The van der Waals surface area contributed by atoms with E-state index in [-0.39, 0.29) is 17.7 Å². The van der Waals surface area contributed by atoms with Gasteiger partial charge in [0.05, 0.1) is 5.92 Å². The summed E-state index contributed by atoms with van der Waals surface area (Å²) in [6, 6.07) is 0.409. The number of carbonyl (C=O) groups excluding carboxylic acids is 2. The Bertz CT molecular complexity index is 538. The average Bonchev–Trinajstić information content (AvgIpc) is 3.24. The van der Waals surface area contributed by atoms with Crippen LogP contribution in [-0.2, 0) is 9.59 Å². The molecule has 0 aromatic carbocycles. The Hall–Kier alpha value is -1.32. The number of hydrogen-bond donors (Lipinski definition) is 0. The number of amides is 2. The second kappa shape index (κ2) is 6.53. The van der Waals surface area contributed by atoms with E-state index in [0.717, 1.165) is 45.2 Å². The fourth-order valence-electron chi connectivity index (χ4n) is 5.43. The van der Waals surface area contributed by atoms with Crippen molar-refractivity contribution >= 4 is 11.8 Å². The van der Waals surface area contributed by atoms with Crippen LogP contribution in [-0.4, -0.2) is 47.3 Å². The van der Waals surface area contributed by atoms with Crippen LogP contribution in [0.25, 0.3) is 0 Å². The number of carbonyl (C=O) groups is 2. The van der Waals surface area contributed by atoms with Gasteiger partial charge in [0.15, 0.2) is 0 Å². The summed E-state index contributed by atoms with van der Waals surface area (Å²) in [6.07, 6.45) is 15.6. The molecule has 2 saturated heterocycles. The van der Waals surface area contributed by atoms with Gasteiger partial charge in [0.25, 0.3) is 0 Å². The molecule has 0 unspecified atom stereocenters. The van der Waals surface area contributed by atoms with Crippen molar-refractivity contribution in [3.63, 3.8) is 0 Å². The standard InChI is InChI=1S/C20H30N2O2/c23-18-13-16(14-22(18)17-7-2-3-8-17)19(24)21-12-6-11-20(15-21)9-4-1-5-10-20/h1,4,16-17H,2-3,5-15H2/t16-,20+/m0/s1. The predicted molar refractivity (Wildman–Crippen MR) is 93.3 cm³/mol. The topological polar surface area (TPSA) is 40.6 Å². The van der Waals surface area contributed by atoms with E-state index in [4.69, 9.17) is 0 Å². The lowest BCUT2D eigenvalue weighted by Crippen LogP contribution is -2.48. The predicted octanol–water partition coefficient (Wildman–Crippen LogP) is 3.13. The molecule has 132 valence electrons. The van der Waals surface area contributed by atoms with Gasteiger partial charge in [-0.2, -0.15) is 0 Å². The molecular formula is C20H30N2O2. The van der Waals surface area contributed by atoms with Crippen LogP contribution in [0.2, 0.25) is 0 Å². The quantitative estimate of drug-likeness (QED) is 0.730. The summed E-state index contributed by atoms with van der Waals surface area (Å²) in [5.74, 6) is 0.373. The fourth-order valence-corrected chi connectivity index (χ4v) is 5.43. The fraction of sp³-hybridized carbons (Fsp3) is 0.800. The number of rotatable bonds is 2. The van der Waals surface area contributed by atoms with Crippen LogP contribution < -0.4 is 0 Å². The van der Waals surface area contributed by atoms with E-state index in [1.807, 2.05) is 4.90 Å². The Kier molecular flexibility index (Phi) is 4.40. The van der Waals surface area contributed by atoms with Crippen molar-refractivity contribution in [3.05, 3.63) is 12.2 Å². The maximum absolute atomic E-state index is 13.1. The molecule has 4 aliphatic rings. The van der Waals surface area contributed by atoms with E-state index >= 15 is 0 Å². The molecule has 24 heavy (non-hydrogen) atoms. The Morgan fingerprint density at radius 2 is 1.96 bits per heavy atom. The van der Waals surface area contributed by atoms with Gasteiger partial charge in [-0.3, -0.25) is 9.59 Å². The lowest BCUT2D eigenvalue weighted by atomic mass is 9.71. The normalized spacial score (nSPS) is 34.5. The number of nitrogens with zero attached hydrogens (tertiary/aromatic N) is 2. The number of hydrogen-bond acceptors (Lipinski definition) is 2. The summed E-state index contributed by atoms with van der Waals surface area (Å²) in [5.41, 5.74) is 0.316. The highest BCUT2D eigenvalue weighted by molar-refractivity contribution is 5.89. The number of piperidine rings is 1. The van der Waals surface area contributed by atoms with Gasteiger partial charge in [0.2, 0.25) is 11.8 Å². The highest BCUT2D eigenvalue weighted by Gasteiger charge is 2.43. The van der Waals surface area contributed by atoms with Crippen molar-refractivity contribution in [1.29, 1.82) is 0 Å². The maximum atomic E-state index is 13.1. The molecule has 2 heterocycles. The summed E-state index contributed by atoms with van der Waals surface area (Å²) in [6.45, 7) is 2.47. The maximum Gasteiger partial charge on any atom is 0.228 e. The van der Waals surface area contributed by atoms with Crippen LogP contribution in [0.1, 0.15) is 64.2 Å². The van der Waals surface area contributed by atoms with E-state index in [0.29, 0.717) is 24.4 Å². The largest absolute Gasteiger partial charge is 0.342 e. The lowest BCUT2D eigenvalue weighted by molar-refractivity contribution is -0.139. The summed E-state index contributed by atoms with van der Waals surface area (Å²) in [7, 11) is 0. The Balaban J connectivity index is 1.40. The first-order valence-corrected chi connectivity index (χ1v) is 9.90. The van der Waals surface area contributed by atoms with Gasteiger partial charge in [-0.25, -0.2) is 0 Å². The van der Waals surface area contributed by atoms with Crippen molar-refractivity contribution in [2.24, 2.45) is 11.3 Å². The minimum absolute atomic E-state index is 0.0904. The van der Waals surface area contributed by atoms with Gasteiger partial charge in [-0.15, -0.1) is 0 Å². The van der Waals surface area contributed by atoms with Crippen molar-refractivity contribution in [3.8, 4) is 0 Å². The first-order valence-electron chi connectivity index (χ1n) is 9.90. The molecule has 4 rings (SSSR count). The average molecular weight is 330 g/mol. The summed E-state index contributed by atoms with van der Waals surface area (Å²) >= 11 is 0. The zero-order chi connectivity index (χ0) is 16.6. The molecule has 2 aliphatic carbocycles. The third-order valence-corrected chi connectivity index (χ3v) is 6.81. The second-order valence-corrected chi connectivity index (χ2v) is 8.46. The summed E-state index contributed by atoms with van der Waals surface area (Å²) < 4.78 is 0. The molecule has 3 fully saturated rings. The van der Waals surface area contributed by atoms with Crippen LogP contribution in [0, 0.1) is 11.3 Å². The monoisotopic (exact) mass is 330 g/mol. The van der Waals surface area contributed by atoms with Crippen molar-refractivity contribution in [2.75, 3.05) is 19.6 Å². The van der Waals surface area contributed by atoms with E-state index in [2.05, 4.69) is 17.1 Å². The van der Waals surface area contributed by atoms with Gasteiger partial charge in [0, 0.05) is 32.1 Å². The van der Waals surface area contributed by atoms with E-state index < -0.39 is 0 Å². The van der Waals surface area contributed by atoms with Crippen LogP contribution >= 0.6 is 0 Å². The summed E-state index contributed by atoms with van der Waals surface area (Å²) in [5, 5.41) is 0. The first-order chi connectivity index (χ1) is 11.7. The van der Waals surface area contributed by atoms with E-state index in [1.54, 1.807) is 0 Å². The van der Waals surface area contributed by atoms with Crippen LogP contribution in [0.5, 0.6) is 0 Å². The smallest absolute Gasteiger partial charge is 0.228 e. The van der Waals surface area contributed by atoms with Gasteiger partial charge in [-0.1, -0.05) is 25.0 Å². The SMILES string of the molecule is O=C([C@H]1CC(=O)N(C2CCCC2)C1)N1CCC[C@]2(CC=CCC2)C1. The van der Waals surface area contributed by atoms with E-state index in [1.165, 1.54) is 25.7 Å². The molecule has 0 bridgehead atoms. The molecule has 0 aromatic heterocycles. The van der Waals surface area contributed by atoms with Gasteiger partial charge in [0.1, 0.15) is 0 Å². The molecule has 1 spiro atoms. The third-order valence-electron chi connectivity index (χ3n) is 6.81. The molecule has 1 saturated carbocycles. The van der Waals surface area contributed by atoms with Crippen LogP contribution in [0.4, 0.5) is 0 Å². The molecule has 0 radical (unpaired) electrons. The molecular weight excluding hydrogens is 300 g/mol. The number of likely N-dealkylation sites (tertiary alicyclic amines) is 2. The van der Waals surface area contributed by atoms with Crippen LogP contribution in [0.3, 0.4) is 0 Å². The summed E-state index contributed by atoms with van der Waals surface area (Å²) in [4.78, 5) is 29.6. The zero-order valence-corrected chi connectivity index (χ0v) is 14.7. The minimum Gasteiger partial charge on any atom is -0.342 e. The van der Waals surface area contributed by atoms with Gasteiger partial charge < -0.3 is 9.80 Å². The highest BCUT2D eigenvalue weighted by Crippen LogP contribution is 2.41. The molecule has 0 N–H and O–H groups in total. The molecule has 4 nitrogen and oxygen atoms in total. The molecule has 2 amide bonds. The van der Waals surface area contributed by atoms with Crippen molar-refractivity contribution < 1.29 is 9.59 Å². The molecule has 2 atom stereocenters. The highest BCUT2D eigenvalue weighted by atomic mass is 16.2. The lowest BCUT2D eigenvalue weighted by Gasteiger charge is -2.44. The van der Waals surface area contributed by atoms with Crippen molar-refractivity contribution in [1.82, 2.24) is 9.80 Å².